The van der Waals surface area contributed by atoms with Crippen LogP contribution in [0.2, 0.25) is 39.3 Å². The number of rotatable bonds is 6. The van der Waals surface area contributed by atoms with Gasteiger partial charge in [-0.05, 0) is 33.3 Å². The van der Waals surface area contributed by atoms with E-state index in [1.807, 2.05) is 0 Å². The van der Waals surface area contributed by atoms with Gasteiger partial charge in [0.1, 0.15) is 11.5 Å². The minimum atomic E-state index is -5.99. The molecule has 0 bridgehead atoms. The number of halogens is 6. The second kappa shape index (κ2) is 8.41. The minimum absolute atomic E-state index is 0.142. The molecule has 0 saturated carbocycles. The first-order valence-electron chi connectivity index (χ1n) is 9.52. The number of fused-ring (bicyclic) bond motifs is 1. The zero-order valence-electron chi connectivity index (χ0n) is 18.8. The summed E-state index contributed by atoms with van der Waals surface area (Å²) in [6, 6.07) is 4.48. The van der Waals surface area contributed by atoms with Gasteiger partial charge in [0.15, 0.2) is 0 Å². The van der Waals surface area contributed by atoms with Gasteiger partial charge in [-0.3, -0.25) is 0 Å². The number of hydrogen-bond acceptors (Lipinski definition) is 6. The van der Waals surface area contributed by atoms with Gasteiger partial charge in [-0.15, -0.1) is 0 Å². The van der Waals surface area contributed by atoms with Crippen molar-refractivity contribution < 1.29 is 51.5 Å². The van der Waals surface area contributed by atoms with E-state index in [9.17, 15) is 43.2 Å². The Morgan fingerprint density at radius 3 is 1.50 bits per heavy atom. The Hall–Kier alpha value is -1.79. The molecule has 0 aliphatic heterocycles. The predicted octanol–water partition coefficient (Wildman–Crippen LogP) is 4.39. The van der Waals surface area contributed by atoms with E-state index in [1.54, 1.807) is 39.3 Å². The maximum absolute atomic E-state index is 12.9. The third-order valence-corrected chi connectivity index (χ3v) is 10.6. The van der Waals surface area contributed by atoms with E-state index < -0.39 is 58.9 Å². The van der Waals surface area contributed by atoms with Crippen LogP contribution >= 0.6 is 0 Å². The van der Waals surface area contributed by atoms with Crippen LogP contribution in [0.3, 0.4) is 0 Å². The Morgan fingerprint density at radius 1 is 0.676 bits per heavy atom. The molecule has 6 nitrogen and oxygen atoms in total. The highest BCUT2D eigenvalue weighted by molar-refractivity contribution is 7.88. The molecular weight excluding hydrogens is 546 g/mol. The molecule has 2 aromatic carbocycles. The summed E-state index contributed by atoms with van der Waals surface area (Å²) in [4.78, 5) is 0. The van der Waals surface area contributed by atoms with E-state index in [0.717, 1.165) is 18.2 Å². The highest BCUT2D eigenvalue weighted by Gasteiger charge is 2.50. The van der Waals surface area contributed by atoms with Crippen molar-refractivity contribution in [3.05, 3.63) is 24.3 Å². The average Bonchev–Trinajstić information content (AvgIpc) is 2.56. The van der Waals surface area contributed by atoms with Crippen LogP contribution in [0.1, 0.15) is 0 Å². The second-order valence-corrected chi connectivity index (χ2v) is 22.6. The standard InChI is InChI=1S/C18H22F6O6S2Si2/c1-33(2,3)15-10-12-11(9-14(15)30-32(27,28)18(22,23)24)7-8-13(16(12)34(4,5)6)29-31(25,26)17(19,20)21/h7-10H,1-6H3. The monoisotopic (exact) mass is 568 g/mol. The fourth-order valence-electron chi connectivity index (χ4n) is 3.16. The van der Waals surface area contributed by atoms with Crippen LogP contribution in [0, 0.1) is 0 Å². The van der Waals surface area contributed by atoms with Gasteiger partial charge >= 0.3 is 31.3 Å². The smallest absolute Gasteiger partial charge is 0.376 e. The SMILES string of the molecule is C[Si](C)(C)c1cc2c([Si](C)(C)C)c(OS(=O)(=O)C(F)(F)F)ccc2cc1OS(=O)(=O)C(F)(F)F. The molecule has 0 radical (unpaired) electrons. The zero-order valence-corrected chi connectivity index (χ0v) is 22.5. The van der Waals surface area contributed by atoms with Gasteiger partial charge in [0.05, 0.1) is 16.1 Å². The van der Waals surface area contributed by atoms with Gasteiger partial charge in [-0.2, -0.15) is 43.2 Å². The fraction of sp³-hybridized carbons (Fsp3) is 0.444. The summed E-state index contributed by atoms with van der Waals surface area (Å²) >= 11 is 0. The van der Waals surface area contributed by atoms with E-state index in [-0.39, 0.29) is 21.1 Å². The number of hydrogen-bond donors (Lipinski definition) is 0. The third-order valence-electron chi connectivity index (χ3n) is 4.61. The van der Waals surface area contributed by atoms with Gasteiger partial charge in [0, 0.05) is 0 Å². The molecular formula is C18H22F6O6S2Si2. The maximum Gasteiger partial charge on any atom is 0.534 e. The van der Waals surface area contributed by atoms with E-state index in [4.69, 9.17) is 0 Å². The van der Waals surface area contributed by atoms with E-state index in [2.05, 4.69) is 8.37 Å². The van der Waals surface area contributed by atoms with Crippen LogP contribution in [0.25, 0.3) is 10.8 Å². The van der Waals surface area contributed by atoms with E-state index in [0.29, 0.717) is 0 Å². The van der Waals surface area contributed by atoms with Crippen LogP contribution in [0.5, 0.6) is 11.5 Å². The summed E-state index contributed by atoms with van der Waals surface area (Å²) < 4.78 is 133. The molecule has 0 aliphatic carbocycles. The van der Waals surface area contributed by atoms with Crippen molar-refractivity contribution in [2.75, 3.05) is 0 Å². The molecule has 0 saturated heterocycles. The van der Waals surface area contributed by atoms with Crippen molar-refractivity contribution in [3.63, 3.8) is 0 Å². The summed E-state index contributed by atoms with van der Waals surface area (Å²) in [7, 11) is -17.2. The van der Waals surface area contributed by atoms with Gasteiger partial charge in [-0.1, -0.05) is 51.4 Å². The van der Waals surface area contributed by atoms with Crippen molar-refractivity contribution in [1.82, 2.24) is 0 Å². The largest absolute Gasteiger partial charge is 0.534 e. The zero-order chi connectivity index (χ0) is 26.7. The van der Waals surface area contributed by atoms with Crippen molar-refractivity contribution in [1.29, 1.82) is 0 Å². The molecule has 16 heteroatoms. The Kier molecular flexibility index (Phi) is 7.04. The van der Waals surface area contributed by atoms with Crippen molar-refractivity contribution in [3.8, 4) is 11.5 Å². The lowest BCUT2D eigenvalue weighted by Crippen LogP contribution is -2.43. The summed E-state index contributed by atoms with van der Waals surface area (Å²) in [5.41, 5.74) is -11.3. The summed E-state index contributed by atoms with van der Waals surface area (Å²) in [5.74, 6) is -1.11. The molecule has 0 heterocycles. The maximum atomic E-state index is 12.9. The highest BCUT2D eigenvalue weighted by atomic mass is 32.2. The first-order chi connectivity index (χ1) is 14.9. The average molecular weight is 569 g/mol. The molecule has 0 spiro atoms. The van der Waals surface area contributed by atoms with Gasteiger partial charge in [-0.25, -0.2) is 0 Å². The quantitative estimate of drug-likeness (QED) is 0.222. The van der Waals surface area contributed by atoms with Gasteiger partial charge in [0.25, 0.3) is 0 Å². The molecule has 0 amide bonds. The fourth-order valence-corrected chi connectivity index (χ4v) is 7.58. The van der Waals surface area contributed by atoms with Crippen LogP contribution < -0.4 is 18.7 Å². The molecule has 2 rings (SSSR count). The molecule has 0 N–H and O–H groups in total. The molecule has 0 unspecified atom stereocenters. The molecule has 0 aliphatic rings. The van der Waals surface area contributed by atoms with E-state index in [1.165, 1.54) is 6.07 Å². The number of benzene rings is 2. The molecule has 34 heavy (non-hydrogen) atoms. The Morgan fingerprint density at radius 2 is 1.12 bits per heavy atom. The Balaban J connectivity index is 2.92. The molecule has 0 atom stereocenters. The van der Waals surface area contributed by atoms with Crippen LogP contribution in [-0.4, -0.2) is 44.0 Å². The summed E-state index contributed by atoms with van der Waals surface area (Å²) in [6.07, 6.45) is 0. The molecule has 0 aromatic heterocycles. The second-order valence-electron chi connectivity index (χ2n) is 9.47. The molecule has 2 aromatic rings. The first-order valence-corrected chi connectivity index (χ1v) is 19.3. The van der Waals surface area contributed by atoms with Gasteiger partial charge in [0.2, 0.25) is 0 Å². The summed E-state index contributed by atoms with van der Waals surface area (Å²) in [6.45, 7) is 10.2. The van der Waals surface area contributed by atoms with Crippen LogP contribution in [-0.2, 0) is 20.2 Å². The predicted molar refractivity (Wildman–Crippen MR) is 121 cm³/mol. The minimum Gasteiger partial charge on any atom is -0.376 e. The lowest BCUT2D eigenvalue weighted by Gasteiger charge is -2.26. The van der Waals surface area contributed by atoms with Crippen molar-refractivity contribution in [2.45, 2.75) is 50.3 Å². The lowest BCUT2D eigenvalue weighted by atomic mass is 10.1. The normalized spacial score (nSPS) is 14.4. The highest BCUT2D eigenvalue weighted by Crippen LogP contribution is 2.33. The Labute approximate surface area is 195 Å². The van der Waals surface area contributed by atoms with Crippen LogP contribution in [0.4, 0.5) is 26.3 Å². The molecule has 0 fully saturated rings. The first kappa shape index (κ1) is 28.5. The van der Waals surface area contributed by atoms with E-state index >= 15 is 0 Å². The van der Waals surface area contributed by atoms with Crippen molar-refractivity contribution in [2.24, 2.45) is 0 Å². The topological polar surface area (TPSA) is 86.7 Å². The molecule has 192 valence electrons. The van der Waals surface area contributed by atoms with Gasteiger partial charge < -0.3 is 8.37 Å². The third kappa shape index (κ3) is 5.71. The van der Waals surface area contributed by atoms with Crippen molar-refractivity contribution >= 4 is 57.5 Å². The number of alkyl halides is 6. The Bertz CT molecular complexity index is 1280. The van der Waals surface area contributed by atoms with Crippen LogP contribution in [0.15, 0.2) is 24.3 Å². The summed E-state index contributed by atoms with van der Waals surface area (Å²) in [5, 5.41) is 0.692. The lowest BCUT2D eigenvalue weighted by molar-refractivity contribution is -0.0504.